The van der Waals surface area contributed by atoms with Crippen LogP contribution in [0.25, 0.3) is 0 Å². The molecule has 0 heterocycles. The summed E-state index contributed by atoms with van der Waals surface area (Å²) in [6.45, 7) is 1.90. The van der Waals surface area contributed by atoms with E-state index < -0.39 is 0 Å². The predicted molar refractivity (Wildman–Crippen MR) is 94.9 cm³/mol. The smallest absolute Gasteiger partial charge is 0.167 e. The Kier molecular flexibility index (Phi) is 6.53. The van der Waals surface area contributed by atoms with Gasteiger partial charge in [0.15, 0.2) is 5.78 Å². The van der Waals surface area contributed by atoms with Crippen LogP contribution < -0.4 is 4.74 Å². The van der Waals surface area contributed by atoms with Crippen molar-refractivity contribution in [3.63, 3.8) is 0 Å². The molecule has 1 aliphatic carbocycles. The Morgan fingerprint density at radius 3 is 2.83 bits per heavy atom. The normalized spacial score (nSPS) is 13.4. The molecular formula is C19H19BrO3. The van der Waals surface area contributed by atoms with Crippen LogP contribution in [0.15, 0.2) is 58.6 Å². The van der Waals surface area contributed by atoms with E-state index in [4.69, 9.17) is 4.74 Å². The summed E-state index contributed by atoms with van der Waals surface area (Å²) in [5, 5.41) is 0. The van der Waals surface area contributed by atoms with E-state index in [1.807, 2.05) is 24.3 Å². The molecular weight excluding hydrogens is 356 g/mol. The Morgan fingerprint density at radius 2 is 2.04 bits per heavy atom. The molecule has 0 aromatic heterocycles. The van der Waals surface area contributed by atoms with E-state index in [0.717, 1.165) is 16.5 Å². The lowest BCUT2D eigenvalue weighted by molar-refractivity contribution is -0.116. The van der Waals surface area contributed by atoms with Crippen molar-refractivity contribution in [1.29, 1.82) is 0 Å². The lowest BCUT2D eigenvalue weighted by Gasteiger charge is -2.12. The topological polar surface area (TPSA) is 43.4 Å². The summed E-state index contributed by atoms with van der Waals surface area (Å²) in [6, 6.07) is 5.37. The predicted octanol–water partition coefficient (Wildman–Crippen LogP) is 4.82. The molecule has 0 fully saturated rings. The van der Waals surface area contributed by atoms with Crippen molar-refractivity contribution >= 4 is 27.5 Å². The van der Waals surface area contributed by atoms with Gasteiger partial charge in [-0.1, -0.05) is 46.3 Å². The highest BCUT2D eigenvalue weighted by Crippen LogP contribution is 2.25. The van der Waals surface area contributed by atoms with Gasteiger partial charge in [0, 0.05) is 17.3 Å². The highest BCUT2D eigenvalue weighted by molar-refractivity contribution is 9.10. The summed E-state index contributed by atoms with van der Waals surface area (Å²) in [4.78, 5) is 23.4. The average molecular weight is 375 g/mol. The molecule has 0 saturated carbocycles. The third-order valence-corrected chi connectivity index (χ3v) is 3.91. The van der Waals surface area contributed by atoms with Crippen molar-refractivity contribution in [2.75, 3.05) is 6.61 Å². The standard InChI is InChI=1S/C19H19BrO3/c1-14(21)8-10-18(22)17-12-16(20)9-11-19(17)23-13-15-6-4-2-3-5-7-15/h2-4,6-7,9,11-12H,5,8,10,13H2,1H3. The SMILES string of the molecule is CC(=O)CCC(=O)c1cc(Br)ccc1OCC1=CCC=CC=C1. The van der Waals surface area contributed by atoms with Gasteiger partial charge in [-0.15, -0.1) is 0 Å². The molecule has 1 aromatic carbocycles. The molecule has 0 saturated heterocycles. The first-order valence-electron chi connectivity index (χ1n) is 7.53. The molecule has 0 radical (unpaired) electrons. The van der Waals surface area contributed by atoms with E-state index in [2.05, 4.69) is 28.1 Å². The maximum atomic E-state index is 12.3. The summed E-state index contributed by atoms with van der Waals surface area (Å²) in [6.07, 6.45) is 11.5. The molecule has 0 N–H and O–H groups in total. The zero-order valence-electron chi connectivity index (χ0n) is 13.0. The highest BCUT2D eigenvalue weighted by atomic mass is 79.9. The summed E-state index contributed by atoms with van der Waals surface area (Å²) in [5.74, 6) is 0.480. The fourth-order valence-electron chi connectivity index (χ4n) is 2.16. The van der Waals surface area contributed by atoms with Gasteiger partial charge in [0.05, 0.1) is 5.56 Å². The summed E-state index contributed by atoms with van der Waals surface area (Å²) in [5.41, 5.74) is 1.58. The summed E-state index contributed by atoms with van der Waals surface area (Å²) in [7, 11) is 0. The Bertz CT molecular complexity index is 684. The largest absolute Gasteiger partial charge is 0.488 e. The minimum atomic E-state index is -0.0800. The summed E-state index contributed by atoms with van der Waals surface area (Å²) >= 11 is 3.38. The molecule has 1 aliphatic rings. The molecule has 0 bridgehead atoms. The Morgan fingerprint density at radius 1 is 1.22 bits per heavy atom. The molecule has 23 heavy (non-hydrogen) atoms. The first-order chi connectivity index (χ1) is 11.1. The molecule has 0 unspecified atom stereocenters. The van der Waals surface area contributed by atoms with E-state index in [1.165, 1.54) is 6.92 Å². The van der Waals surface area contributed by atoms with Crippen molar-refractivity contribution in [3.05, 3.63) is 64.2 Å². The monoisotopic (exact) mass is 374 g/mol. The Balaban J connectivity index is 2.10. The maximum Gasteiger partial charge on any atom is 0.167 e. The van der Waals surface area contributed by atoms with Gasteiger partial charge in [-0.05, 0) is 37.1 Å². The molecule has 0 spiro atoms. The minimum Gasteiger partial charge on any atom is -0.488 e. The minimum absolute atomic E-state index is 0.0112. The molecule has 0 atom stereocenters. The van der Waals surface area contributed by atoms with Crippen LogP contribution in [0.1, 0.15) is 36.5 Å². The molecule has 0 amide bonds. The van der Waals surface area contributed by atoms with Gasteiger partial charge in [0.25, 0.3) is 0 Å². The van der Waals surface area contributed by atoms with Gasteiger partial charge >= 0.3 is 0 Å². The van der Waals surface area contributed by atoms with Crippen LogP contribution in [0.2, 0.25) is 0 Å². The third kappa shape index (κ3) is 5.64. The zero-order chi connectivity index (χ0) is 16.7. The van der Waals surface area contributed by atoms with Crippen molar-refractivity contribution in [2.45, 2.75) is 26.2 Å². The Hall–Kier alpha value is -1.94. The van der Waals surface area contributed by atoms with Crippen molar-refractivity contribution in [2.24, 2.45) is 0 Å². The fraction of sp³-hybridized carbons (Fsp3) is 0.263. The number of benzene rings is 1. The van der Waals surface area contributed by atoms with Crippen LogP contribution in [-0.2, 0) is 4.79 Å². The van der Waals surface area contributed by atoms with E-state index >= 15 is 0 Å². The number of hydrogen-bond donors (Lipinski definition) is 0. The first-order valence-corrected chi connectivity index (χ1v) is 8.33. The quantitative estimate of drug-likeness (QED) is 0.642. The van der Waals surface area contributed by atoms with Gasteiger partial charge in [-0.25, -0.2) is 0 Å². The number of allylic oxidation sites excluding steroid dienone is 4. The fourth-order valence-corrected chi connectivity index (χ4v) is 2.52. The number of ketones is 2. The van der Waals surface area contributed by atoms with Crippen LogP contribution in [0, 0.1) is 0 Å². The van der Waals surface area contributed by atoms with E-state index in [1.54, 1.807) is 12.1 Å². The number of carbonyl (C=O) groups is 2. The number of Topliss-reactive ketones (excluding diaryl/α,β-unsaturated/α-hetero) is 2. The second-order valence-electron chi connectivity index (χ2n) is 5.36. The van der Waals surface area contributed by atoms with Gasteiger partial charge in [0.1, 0.15) is 18.1 Å². The van der Waals surface area contributed by atoms with E-state index in [9.17, 15) is 9.59 Å². The molecule has 120 valence electrons. The number of rotatable bonds is 7. The van der Waals surface area contributed by atoms with Crippen molar-refractivity contribution in [3.8, 4) is 5.75 Å². The lowest BCUT2D eigenvalue weighted by atomic mass is 10.0. The molecule has 3 nitrogen and oxygen atoms in total. The van der Waals surface area contributed by atoms with Gasteiger partial charge < -0.3 is 9.53 Å². The lowest BCUT2D eigenvalue weighted by Crippen LogP contribution is -2.07. The zero-order valence-corrected chi connectivity index (χ0v) is 14.6. The van der Waals surface area contributed by atoms with Crippen LogP contribution in [0.5, 0.6) is 5.75 Å². The Labute approximate surface area is 144 Å². The maximum absolute atomic E-state index is 12.3. The number of ether oxygens (including phenoxy) is 1. The molecule has 2 rings (SSSR count). The average Bonchev–Trinajstić information content (AvgIpc) is 2.80. The third-order valence-electron chi connectivity index (χ3n) is 3.41. The van der Waals surface area contributed by atoms with Crippen LogP contribution in [-0.4, -0.2) is 18.2 Å². The van der Waals surface area contributed by atoms with Gasteiger partial charge in [-0.3, -0.25) is 4.79 Å². The van der Waals surface area contributed by atoms with Crippen LogP contribution >= 0.6 is 15.9 Å². The van der Waals surface area contributed by atoms with Gasteiger partial charge in [-0.2, -0.15) is 0 Å². The van der Waals surface area contributed by atoms with Crippen molar-refractivity contribution < 1.29 is 14.3 Å². The second-order valence-corrected chi connectivity index (χ2v) is 6.27. The summed E-state index contributed by atoms with van der Waals surface area (Å²) < 4.78 is 6.65. The molecule has 4 heteroatoms. The van der Waals surface area contributed by atoms with Crippen molar-refractivity contribution in [1.82, 2.24) is 0 Å². The van der Waals surface area contributed by atoms with Crippen LogP contribution in [0.3, 0.4) is 0 Å². The second kappa shape index (κ2) is 8.63. The van der Waals surface area contributed by atoms with E-state index in [-0.39, 0.29) is 24.4 Å². The first kappa shape index (κ1) is 17.4. The van der Waals surface area contributed by atoms with E-state index in [0.29, 0.717) is 17.9 Å². The molecule has 1 aromatic rings. The molecule has 0 aliphatic heterocycles. The van der Waals surface area contributed by atoms with Crippen LogP contribution in [0.4, 0.5) is 0 Å². The number of hydrogen-bond acceptors (Lipinski definition) is 3. The van der Waals surface area contributed by atoms with Gasteiger partial charge in [0.2, 0.25) is 0 Å². The highest BCUT2D eigenvalue weighted by Gasteiger charge is 2.14. The number of carbonyl (C=O) groups excluding carboxylic acids is 2. The number of halogens is 1.